The van der Waals surface area contributed by atoms with Crippen molar-refractivity contribution in [3.63, 3.8) is 0 Å². The van der Waals surface area contributed by atoms with Crippen LogP contribution in [0.5, 0.6) is 5.75 Å². The van der Waals surface area contributed by atoms with Gasteiger partial charge in [-0.05, 0) is 45.2 Å². The molecule has 0 radical (unpaired) electrons. The third-order valence-electron chi connectivity index (χ3n) is 3.95. The lowest BCUT2D eigenvalue weighted by atomic mass is 10.1. The van der Waals surface area contributed by atoms with Gasteiger partial charge in [0.2, 0.25) is 11.8 Å². The summed E-state index contributed by atoms with van der Waals surface area (Å²) < 4.78 is 11.2. The maximum absolute atomic E-state index is 12.0. The predicted molar refractivity (Wildman–Crippen MR) is 92.2 cm³/mol. The van der Waals surface area contributed by atoms with Crippen LogP contribution >= 0.6 is 0 Å². The van der Waals surface area contributed by atoms with Crippen molar-refractivity contribution in [2.45, 2.75) is 40.5 Å². The molecule has 0 aliphatic rings. The Morgan fingerprint density at radius 2 is 1.92 bits per heavy atom. The van der Waals surface area contributed by atoms with E-state index < -0.39 is 0 Å². The average molecular weight is 326 g/mol. The second kappa shape index (κ2) is 7.69. The number of benzene rings is 1. The fourth-order valence-electron chi connectivity index (χ4n) is 2.47. The number of hydrogen-bond acceptors (Lipinski definition) is 4. The fraction of sp³-hybridized carbons (Fsp3) is 0.368. The van der Waals surface area contributed by atoms with E-state index in [0.29, 0.717) is 30.8 Å². The molecule has 1 aromatic carbocycles. The molecule has 0 atom stereocenters. The van der Waals surface area contributed by atoms with E-state index in [-0.39, 0.29) is 11.8 Å². The third-order valence-corrected chi connectivity index (χ3v) is 3.95. The summed E-state index contributed by atoms with van der Waals surface area (Å²) in [5, 5.41) is 11.8. The molecule has 5 heteroatoms. The second-order valence-electron chi connectivity index (χ2n) is 5.82. The minimum absolute atomic E-state index is 0.189. The summed E-state index contributed by atoms with van der Waals surface area (Å²) in [7, 11) is 0. The van der Waals surface area contributed by atoms with Crippen LogP contribution in [-0.2, 0) is 4.79 Å². The molecule has 24 heavy (non-hydrogen) atoms. The molecule has 0 unspecified atom stereocenters. The van der Waals surface area contributed by atoms with Crippen molar-refractivity contribution in [1.82, 2.24) is 0 Å². The summed E-state index contributed by atoms with van der Waals surface area (Å²) in [4.78, 5) is 12.0. The highest BCUT2D eigenvalue weighted by molar-refractivity contribution is 5.90. The van der Waals surface area contributed by atoms with Gasteiger partial charge in [0.25, 0.3) is 0 Å². The summed E-state index contributed by atoms with van der Waals surface area (Å²) >= 11 is 0. The minimum Gasteiger partial charge on any atom is -0.493 e. The molecule has 126 valence electrons. The summed E-state index contributed by atoms with van der Waals surface area (Å²) in [5.74, 6) is 1.56. The standard InChI is InChI=1S/C19H22N2O3/c1-12-7-5-8-13(2)18(12)23-10-6-9-17(22)21-19-16(11-20)14(3)15(4)24-19/h5,7-8H,6,9-10H2,1-4H3,(H,21,22). The van der Waals surface area contributed by atoms with E-state index in [1.807, 2.05) is 32.0 Å². The number of para-hydroxylation sites is 1. The molecule has 0 saturated carbocycles. The van der Waals surface area contributed by atoms with Crippen LogP contribution in [-0.4, -0.2) is 12.5 Å². The van der Waals surface area contributed by atoms with Gasteiger partial charge in [0, 0.05) is 12.0 Å². The van der Waals surface area contributed by atoms with E-state index in [9.17, 15) is 4.79 Å². The van der Waals surface area contributed by atoms with Gasteiger partial charge in [-0.3, -0.25) is 10.1 Å². The molecule has 1 aromatic heterocycles. The molecule has 0 aliphatic heterocycles. The normalized spacial score (nSPS) is 10.3. The number of nitrogens with zero attached hydrogens (tertiary/aromatic N) is 1. The van der Waals surface area contributed by atoms with E-state index in [2.05, 4.69) is 11.4 Å². The van der Waals surface area contributed by atoms with E-state index in [1.54, 1.807) is 13.8 Å². The highest BCUT2D eigenvalue weighted by Crippen LogP contribution is 2.25. The van der Waals surface area contributed by atoms with Gasteiger partial charge in [0.15, 0.2) is 0 Å². The van der Waals surface area contributed by atoms with Gasteiger partial charge < -0.3 is 9.15 Å². The van der Waals surface area contributed by atoms with Gasteiger partial charge in [0.05, 0.1) is 6.61 Å². The van der Waals surface area contributed by atoms with Crippen LogP contribution in [0.15, 0.2) is 22.6 Å². The molecule has 0 saturated heterocycles. The first-order chi connectivity index (χ1) is 11.4. The van der Waals surface area contributed by atoms with Gasteiger partial charge in [-0.1, -0.05) is 18.2 Å². The number of nitriles is 1. The number of amides is 1. The fourth-order valence-corrected chi connectivity index (χ4v) is 2.47. The first-order valence-electron chi connectivity index (χ1n) is 7.93. The number of ether oxygens (including phenoxy) is 1. The van der Waals surface area contributed by atoms with Crippen LogP contribution in [0.4, 0.5) is 5.88 Å². The zero-order valence-electron chi connectivity index (χ0n) is 14.5. The maximum atomic E-state index is 12.0. The number of aryl methyl sites for hydroxylation is 3. The lowest BCUT2D eigenvalue weighted by Gasteiger charge is -2.11. The number of furan rings is 1. The number of carbonyl (C=O) groups is 1. The summed E-state index contributed by atoms with van der Waals surface area (Å²) in [6.45, 7) is 8.02. The smallest absolute Gasteiger partial charge is 0.226 e. The zero-order chi connectivity index (χ0) is 17.7. The number of nitrogens with one attached hydrogen (secondary N) is 1. The Morgan fingerprint density at radius 1 is 1.25 bits per heavy atom. The maximum Gasteiger partial charge on any atom is 0.226 e. The van der Waals surface area contributed by atoms with E-state index >= 15 is 0 Å². The molecule has 2 aromatic rings. The summed E-state index contributed by atoms with van der Waals surface area (Å²) in [5.41, 5.74) is 3.30. The van der Waals surface area contributed by atoms with E-state index in [4.69, 9.17) is 14.4 Å². The van der Waals surface area contributed by atoms with Crippen LogP contribution in [0.2, 0.25) is 0 Å². The van der Waals surface area contributed by atoms with Gasteiger partial charge >= 0.3 is 0 Å². The van der Waals surface area contributed by atoms with Crippen LogP contribution in [0.1, 0.15) is 40.9 Å². The lowest BCUT2D eigenvalue weighted by Crippen LogP contribution is -2.13. The molecule has 1 heterocycles. The van der Waals surface area contributed by atoms with Crippen molar-refractivity contribution in [3.05, 3.63) is 46.2 Å². The van der Waals surface area contributed by atoms with Crippen molar-refractivity contribution in [1.29, 1.82) is 5.26 Å². The number of anilines is 1. The van der Waals surface area contributed by atoms with Crippen LogP contribution in [0, 0.1) is 39.0 Å². The Labute approximate surface area is 142 Å². The van der Waals surface area contributed by atoms with E-state index in [0.717, 1.165) is 22.4 Å². The van der Waals surface area contributed by atoms with Crippen LogP contribution in [0.25, 0.3) is 0 Å². The molecular formula is C19H22N2O3. The van der Waals surface area contributed by atoms with Crippen molar-refractivity contribution in [2.75, 3.05) is 11.9 Å². The predicted octanol–water partition coefficient (Wildman–Crippen LogP) is 4.18. The Morgan fingerprint density at radius 3 is 2.54 bits per heavy atom. The average Bonchev–Trinajstić information content (AvgIpc) is 2.79. The Hall–Kier alpha value is -2.74. The molecule has 0 bridgehead atoms. The summed E-state index contributed by atoms with van der Waals surface area (Å²) in [6, 6.07) is 8.05. The van der Waals surface area contributed by atoms with Crippen molar-refractivity contribution in [3.8, 4) is 11.8 Å². The quantitative estimate of drug-likeness (QED) is 0.808. The van der Waals surface area contributed by atoms with Crippen LogP contribution < -0.4 is 10.1 Å². The number of hydrogen-bond donors (Lipinski definition) is 1. The van der Waals surface area contributed by atoms with Gasteiger partial charge in [-0.25, -0.2) is 0 Å². The topological polar surface area (TPSA) is 75.3 Å². The number of rotatable bonds is 6. The molecule has 5 nitrogen and oxygen atoms in total. The van der Waals surface area contributed by atoms with E-state index in [1.165, 1.54) is 0 Å². The Bertz CT molecular complexity index is 764. The van der Waals surface area contributed by atoms with Crippen molar-refractivity contribution in [2.24, 2.45) is 0 Å². The molecule has 1 amide bonds. The van der Waals surface area contributed by atoms with Crippen LogP contribution in [0.3, 0.4) is 0 Å². The number of carbonyl (C=O) groups excluding carboxylic acids is 1. The van der Waals surface area contributed by atoms with Gasteiger partial charge in [-0.2, -0.15) is 5.26 Å². The largest absolute Gasteiger partial charge is 0.493 e. The zero-order valence-corrected chi connectivity index (χ0v) is 14.5. The monoisotopic (exact) mass is 326 g/mol. The Balaban J connectivity index is 1.84. The molecule has 0 fully saturated rings. The Kier molecular flexibility index (Phi) is 5.64. The minimum atomic E-state index is -0.189. The molecular weight excluding hydrogens is 304 g/mol. The highest BCUT2D eigenvalue weighted by Gasteiger charge is 2.16. The second-order valence-corrected chi connectivity index (χ2v) is 5.82. The molecule has 2 rings (SSSR count). The third kappa shape index (κ3) is 3.96. The first kappa shape index (κ1) is 17.6. The molecule has 0 aliphatic carbocycles. The lowest BCUT2D eigenvalue weighted by molar-refractivity contribution is -0.116. The first-order valence-corrected chi connectivity index (χ1v) is 7.93. The van der Waals surface area contributed by atoms with Crippen molar-refractivity contribution < 1.29 is 13.9 Å². The summed E-state index contributed by atoms with van der Waals surface area (Å²) in [6.07, 6.45) is 0.884. The van der Waals surface area contributed by atoms with Crippen molar-refractivity contribution >= 4 is 11.8 Å². The van der Waals surface area contributed by atoms with Gasteiger partial charge in [0.1, 0.15) is 23.1 Å². The SMILES string of the molecule is Cc1cccc(C)c1OCCCC(=O)Nc1oc(C)c(C)c1C#N. The van der Waals surface area contributed by atoms with Gasteiger partial charge in [-0.15, -0.1) is 0 Å². The molecule has 0 spiro atoms. The molecule has 1 N–H and O–H groups in total. The highest BCUT2D eigenvalue weighted by atomic mass is 16.5.